The predicted octanol–water partition coefficient (Wildman–Crippen LogP) is 4.05. The van der Waals surface area contributed by atoms with Gasteiger partial charge in [0.2, 0.25) is 0 Å². The number of hydrogen-bond acceptors (Lipinski definition) is 2. The molecule has 0 aromatic rings. The SMILES string of the molecule is C1=CN2C=C3CCCC4C5CCCCC5C(C34)N2C=C1. The smallest absolute Gasteiger partial charge is 0.0602 e. The third-order valence-electron chi connectivity index (χ3n) is 6.58. The number of hydrazine groups is 1. The Hall–Kier alpha value is -1.18. The van der Waals surface area contributed by atoms with Crippen molar-refractivity contribution >= 4 is 0 Å². The van der Waals surface area contributed by atoms with Crippen LogP contribution in [0.2, 0.25) is 0 Å². The summed E-state index contributed by atoms with van der Waals surface area (Å²) in [7, 11) is 0. The molecule has 3 saturated carbocycles. The van der Waals surface area contributed by atoms with E-state index in [1.165, 1.54) is 44.9 Å². The van der Waals surface area contributed by atoms with E-state index in [0.29, 0.717) is 0 Å². The monoisotopic (exact) mass is 268 g/mol. The molecule has 5 aliphatic rings. The number of rotatable bonds is 0. The van der Waals surface area contributed by atoms with Crippen LogP contribution in [0.15, 0.2) is 36.3 Å². The van der Waals surface area contributed by atoms with E-state index in [-0.39, 0.29) is 0 Å². The van der Waals surface area contributed by atoms with Crippen LogP contribution in [0, 0.1) is 23.7 Å². The summed E-state index contributed by atoms with van der Waals surface area (Å²) < 4.78 is 0. The van der Waals surface area contributed by atoms with Crippen LogP contribution in [0.1, 0.15) is 44.9 Å². The van der Waals surface area contributed by atoms with Gasteiger partial charge < -0.3 is 0 Å². The fourth-order valence-corrected chi connectivity index (χ4v) is 6.00. The Bertz CT molecular complexity index is 504. The second-order valence-corrected chi connectivity index (χ2v) is 7.33. The molecule has 3 aliphatic carbocycles. The summed E-state index contributed by atoms with van der Waals surface area (Å²) in [5.41, 5.74) is 1.76. The van der Waals surface area contributed by atoms with Gasteiger partial charge in [0.1, 0.15) is 0 Å². The molecule has 2 heteroatoms. The van der Waals surface area contributed by atoms with Gasteiger partial charge in [-0.1, -0.05) is 12.8 Å². The molecule has 20 heavy (non-hydrogen) atoms. The highest BCUT2D eigenvalue weighted by Crippen LogP contribution is 2.59. The van der Waals surface area contributed by atoms with Gasteiger partial charge in [-0.15, -0.1) is 0 Å². The first-order valence-electron chi connectivity index (χ1n) is 8.56. The maximum absolute atomic E-state index is 2.56. The molecule has 2 nitrogen and oxygen atoms in total. The summed E-state index contributed by atoms with van der Waals surface area (Å²) in [6.07, 6.45) is 21.6. The van der Waals surface area contributed by atoms with Crippen molar-refractivity contribution in [3.63, 3.8) is 0 Å². The average Bonchev–Trinajstić information content (AvgIpc) is 2.85. The number of fused-ring (bicyclic) bond motifs is 5. The summed E-state index contributed by atoms with van der Waals surface area (Å²) in [6, 6.07) is 0.756. The lowest BCUT2D eigenvalue weighted by atomic mass is 9.72. The zero-order valence-electron chi connectivity index (χ0n) is 12.1. The normalized spacial score (nSPS) is 44.8. The summed E-state index contributed by atoms with van der Waals surface area (Å²) in [6.45, 7) is 0. The zero-order valence-corrected chi connectivity index (χ0v) is 12.1. The molecule has 2 heterocycles. The number of nitrogens with zero attached hydrogens (tertiary/aromatic N) is 2. The van der Waals surface area contributed by atoms with Gasteiger partial charge >= 0.3 is 0 Å². The van der Waals surface area contributed by atoms with E-state index < -0.39 is 0 Å². The molecular weight excluding hydrogens is 244 g/mol. The summed E-state index contributed by atoms with van der Waals surface area (Å²) in [5, 5.41) is 4.93. The van der Waals surface area contributed by atoms with Crippen molar-refractivity contribution in [2.24, 2.45) is 23.7 Å². The van der Waals surface area contributed by atoms with E-state index in [2.05, 4.69) is 40.8 Å². The van der Waals surface area contributed by atoms with Crippen molar-refractivity contribution < 1.29 is 0 Å². The second-order valence-electron chi connectivity index (χ2n) is 7.33. The molecular formula is C18H24N2. The number of hydrogen-bond donors (Lipinski definition) is 0. The molecule has 2 aliphatic heterocycles. The minimum Gasteiger partial charge on any atom is -0.285 e. The highest BCUT2D eigenvalue weighted by atomic mass is 15.6. The van der Waals surface area contributed by atoms with Crippen molar-refractivity contribution in [1.82, 2.24) is 10.0 Å². The van der Waals surface area contributed by atoms with Crippen molar-refractivity contribution in [2.75, 3.05) is 0 Å². The summed E-state index contributed by atoms with van der Waals surface area (Å²) in [4.78, 5) is 0. The molecule has 5 rings (SSSR count). The summed E-state index contributed by atoms with van der Waals surface area (Å²) in [5.74, 6) is 3.82. The Labute approximate surface area is 121 Å². The van der Waals surface area contributed by atoms with Gasteiger partial charge in [-0.05, 0) is 67.6 Å². The van der Waals surface area contributed by atoms with Gasteiger partial charge in [0, 0.05) is 24.5 Å². The predicted molar refractivity (Wildman–Crippen MR) is 80.1 cm³/mol. The second kappa shape index (κ2) is 4.16. The Morgan fingerprint density at radius 3 is 2.60 bits per heavy atom. The van der Waals surface area contributed by atoms with Crippen LogP contribution in [0.5, 0.6) is 0 Å². The lowest BCUT2D eigenvalue weighted by molar-refractivity contribution is 0.00770. The van der Waals surface area contributed by atoms with Gasteiger partial charge in [0.15, 0.2) is 0 Å². The molecule has 0 aromatic heterocycles. The van der Waals surface area contributed by atoms with E-state index in [9.17, 15) is 0 Å². The standard InChI is InChI=1S/C18H24N2/c1-2-8-16-14(7-1)15-9-5-6-13-12-19-10-3-4-11-20(19)18(16)17(13)15/h3-4,10-12,14-18H,1-2,5-9H2. The maximum Gasteiger partial charge on any atom is 0.0602 e. The highest BCUT2D eigenvalue weighted by Gasteiger charge is 2.56. The van der Waals surface area contributed by atoms with Crippen LogP contribution in [0.25, 0.3) is 0 Å². The fraction of sp³-hybridized carbons (Fsp3) is 0.667. The fourth-order valence-electron chi connectivity index (χ4n) is 6.00. The zero-order chi connectivity index (χ0) is 13.1. The van der Waals surface area contributed by atoms with Crippen molar-refractivity contribution in [1.29, 1.82) is 0 Å². The van der Waals surface area contributed by atoms with Crippen LogP contribution in [-0.4, -0.2) is 16.1 Å². The van der Waals surface area contributed by atoms with E-state index in [4.69, 9.17) is 0 Å². The van der Waals surface area contributed by atoms with E-state index in [0.717, 1.165) is 29.7 Å². The Morgan fingerprint density at radius 1 is 0.850 bits per heavy atom. The third-order valence-corrected chi connectivity index (χ3v) is 6.58. The van der Waals surface area contributed by atoms with Crippen molar-refractivity contribution in [3.8, 4) is 0 Å². The van der Waals surface area contributed by atoms with Crippen LogP contribution < -0.4 is 0 Å². The number of allylic oxidation sites excluding steroid dienone is 2. The third kappa shape index (κ3) is 1.40. The molecule has 0 radical (unpaired) electrons. The summed E-state index contributed by atoms with van der Waals surface area (Å²) >= 11 is 0. The Morgan fingerprint density at radius 2 is 1.65 bits per heavy atom. The lowest BCUT2D eigenvalue weighted by Gasteiger charge is -2.48. The molecule has 0 bridgehead atoms. The molecule has 0 saturated heterocycles. The van der Waals surface area contributed by atoms with Crippen molar-refractivity contribution in [2.45, 2.75) is 51.0 Å². The van der Waals surface area contributed by atoms with Crippen LogP contribution in [0.3, 0.4) is 0 Å². The van der Waals surface area contributed by atoms with Gasteiger partial charge in [0.25, 0.3) is 0 Å². The van der Waals surface area contributed by atoms with Gasteiger partial charge in [-0.2, -0.15) is 0 Å². The van der Waals surface area contributed by atoms with Crippen LogP contribution in [0.4, 0.5) is 0 Å². The molecule has 5 unspecified atom stereocenters. The molecule has 5 atom stereocenters. The van der Waals surface area contributed by atoms with Crippen LogP contribution >= 0.6 is 0 Å². The average molecular weight is 268 g/mol. The first kappa shape index (κ1) is 11.5. The molecule has 3 fully saturated rings. The molecule has 0 aromatic carbocycles. The maximum atomic E-state index is 2.56. The minimum atomic E-state index is 0.756. The van der Waals surface area contributed by atoms with E-state index >= 15 is 0 Å². The lowest BCUT2D eigenvalue weighted by Crippen LogP contribution is -2.51. The minimum absolute atomic E-state index is 0.756. The first-order chi connectivity index (χ1) is 9.93. The Kier molecular flexibility index (Phi) is 2.39. The molecule has 0 spiro atoms. The molecule has 0 amide bonds. The Balaban J connectivity index is 1.62. The van der Waals surface area contributed by atoms with E-state index in [1.54, 1.807) is 5.57 Å². The first-order valence-corrected chi connectivity index (χ1v) is 8.56. The highest BCUT2D eigenvalue weighted by molar-refractivity contribution is 5.26. The molecule has 0 N–H and O–H groups in total. The molecule has 106 valence electrons. The topological polar surface area (TPSA) is 6.48 Å². The van der Waals surface area contributed by atoms with Gasteiger partial charge in [0.05, 0.1) is 6.04 Å². The van der Waals surface area contributed by atoms with E-state index in [1.807, 2.05) is 0 Å². The van der Waals surface area contributed by atoms with Crippen LogP contribution in [-0.2, 0) is 0 Å². The van der Waals surface area contributed by atoms with Crippen molar-refractivity contribution in [3.05, 3.63) is 36.3 Å². The largest absolute Gasteiger partial charge is 0.285 e. The van der Waals surface area contributed by atoms with Gasteiger partial charge in [-0.25, -0.2) is 0 Å². The van der Waals surface area contributed by atoms with Gasteiger partial charge in [-0.3, -0.25) is 10.0 Å². The quantitative estimate of drug-likeness (QED) is 0.654.